The lowest BCUT2D eigenvalue weighted by molar-refractivity contribution is -0.141. The molecule has 0 unspecified atom stereocenters. The Hall–Kier alpha value is -3.92. The first-order valence-corrected chi connectivity index (χ1v) is 12.2. The number of ether oxygens (including phenoxy) is 2. The van der Waals surface area contributed by atoms with Crippen molar-refractivity contribution in [3.05, 3.63) is 76.9 Å². The molecule has 0 saturated heterocycles. The molecule has 0 bridgehead atoms. The van der Waals surface area contributed by atoms with Crippen molar-refractivity contribution in [2.75, 3.05) is 33.9 Å². The third kappa shape index (κ3) is 6.08. The lowest BCUT2D eigenvalue weighted by Gasteiger charge is -2.28. The van der Waals surface area contributed by atoms with Crippen LogP contribution in [0.15, 0.2) is 48.5 Å². The molecule has 1 aliphatic heterocycles. The van der Waals surface area contributed by atoms with Crippen molar-refractivity contribution in [2.45, 2.75) is 33.0 Å². The van der Waals surface area contributed by atoms with Crippen LogP contribution in [0.1, 0.15) is 29.4 Å². The number of urea groups is 1. The van der Waals surface area contributed by atoms with Crippen LogP contribution in [0.2, 0.25) is 0 Å². The molecule has 10 heteroatoms. The molecule has 2 aromatic carbocycles. The van der Waals surface area contributed by atoms with Gasteiger partial charge in [-0.1, -0.05) is 30.3 Å². The van der Waals surface area contributed by atoms with Crippen LogP contribution in [0.25, 0.3) is 5.69 Å². The molecule has 37 heavy (non-hydrogen) atoms. The summed E-state index contributed by atoms with van der Waals surface area (Å²) >= 11 is 0. The third-order valence-electron chi connectivity index (χ3n) is 6.31. The number of methoxy groups -OCH3 is 1. The second-order valence-corrected chi connectivity index (χ2v) is 8.83. The van der Waals surface area contributed by atoms with E-state index in [2.05, 4.69) is 10.2 Å². The molecular formula is C27H32FN5O4. The van der Waals surface area contributed by atoms with Crippen LogP contribution in [-0.4, -0.2) is 65.4 Å². The molecule has 0 spiro atoms. The minimum absolute atomic E-state index is 0.207. The standard InChI is InChI=1S/C27H32FN5O4/c1-4-37-26(34)15-29-27(35)31(2)18-22-20-17-32(16-19-9-5-6-10-21(19)28)14-13-23(20)33(30-22)24-11-7-8-12-25(24)36-3/h5-12H,4,13-18H2,1-3H3,(H,29,35). The van der Waals surface area contributed by atoms with Crippen molar-refractivity contribution in [1.29, 1.82) is 0 Å². The summed E-state index contributed by atoms with van der Waals surface area (Å²) in [5.74, 6) is -0.0317. The van der Waals surface area contributed by atoms with Crippen LogP contribution in [0.5, 0.6) is 5.75 Å². The topological polar surface area (TPSA) is 88.9 Å². The van der Waals surface area contributed by atoms with E-state index >= 15 is 0 Å². The number of benzene rings is 2. The maximum absolute atomic E-state index is 14.3. The Balaban J connectivity index is 1.60. The van der Waals surface area contributed by atoms with Crippen molar-refractivity contribution in [3.8, 4) is 11.4 Å². The van der Waals surface area contributed by atoms with Gasteiger partial charge in [0.1, 0.15) is 23.8 Å². The van der Waals surface area contributed by atoms with E-state index in [1.807, 2.05) is 35.0 Å². The average Bonchev–Trinajstić information content (AvgIpc) is 3.26. The van der Waals surface area contributed by atoms with Gasteiger partial charge in [-0.25, -0.2) is 13.9 Å². The van der Waals surface area contributed by atoms with Crippen molar-refractivity contribution in [3.63, 3.8) is 0 Å². The summed E-state index contributed by atoms with van der Waals surface area (Å²) in [4.78, 5) is 27.9. The first kappa shape index (κ1) is 26.2. The lowest BCUT2D eigenvalue weighted by atomic mass is 10.0. The van der Waals surface area contributed by atoms with Crippen LogP contribution < -0.4 is 10.1 Å². The number of carbonyl (C=O) groups excluding carboxylic acids is 2. The largest absolute Gasteiger partial charge is 0.494 e. The zero-order valence-corrected chi connectivity index (χ0v) is 21.4. The molecular weight excluding hydrogens is 477 g/mol. The van der Waals surface area contributed by atoms with E-state index < -0.39 is 12.0 Å². The molecule has 1 N–H and O–H groups in total. The van der Waals surface area contributed by atoms with Gasteiger partial charge in [0.15, 0.2) is 0 Å². The highest BCUT2D eigenvalue weighted by Crippen LogP contribution is 2.30. The van der Waals surface area contributed by atoms with Gasteiger partial charge in [0.25, 0.3) is 0 Å². The number of rotatable bonds is 9. The number of halogens is 1. The van der Waals surface area contributed by atoms with Gasteiger partial charge >= 0.3 is 12.0 Å². The van der Waals surface area contributed by atoms with Crippen molar-refractivity contribution >= 4 is 12.0 Å². The predicted molar refractivity (Wildman–Crippen MR) is 136 cm³/mol. The number of nitrogens with zero attached hydrogens (tertiary/aromatic N) is 4. The minimum atomic E-state index is -0.495. The van der Waals surface area contributed by atoms with Gasteiger partial charge in [-0.2, -0.15) is 5.10 Å². The van der Waals surface area contributed by atoms with Gasteiger partial charge in [0.05, 0.1) is 31.6 Å². The highest BCUT2D eigenvalue weighted by atomic mass is 19.1. The zero-order chi connectivity index (χ0) is 26.4. The monoisotopic (exact) mass is 509 g/mol. The van der Waals surface area contributed by atoms with Crippen LogP contribution in [-0.2, 0) is 35.6 Å². The lowest BCUT2D eigenvalue weighted by Crippen LogP contribution is -2.40. The second kappa shape index (κ2) is 11.9. The molecule has 9 nitrogen and oxygen atoms in total. The first-order valence-electron chi connectivity index (χ1n) is 12.2. The quantitative estimate of drug-likeness (QED) is 0.446. The van der Waals surface area contributed by atoms with Crippen LogP contribution in [0, 0.1) is 5.82 Å². The summed E-state index contributed by atoms with van der Waals surface area (Å²) in [6.45, 7) is 3.75. The molecule has 4 rings (SSSR count). The number of amides is 2. The summed E-state index contributed by atoms with van der Waals surface area (Å²) in [5.41, 5.74) is 4.21. The van der Waals surface area contributed by atoms with E-state index in [4.69, 9.17) is 14.6 Å². The second-order valence-electron chi connectivity index (χ2n) is 8.83. The van der Waals surface area contributed by atoms with E-state index in [0.29, 0.717) is 30.8 Å². The summed E-state index contributed by atoms with van der Waals surface area (Å²) in [6, 6.07) is 14.0. The Morgan fingerprint density at radius 2 is 1.92 bits per heavy atom. The molecule has 196 valence electrons. The highest BCUT2D eigenvalue weighted by molar-refractivity contribution is 5.80. The normalized spacial score (nSPS) is 13.1. The van der Waals surface area contributed by atoms with E-state index in [0.717, 1.165) is 29.2 Å². The van der Waals surface area contributed by atoms with Gasteiger partial charge in [0, 0.05) is 44.2 Å². The SMILES string of the molecule is CCOC(=O)CNC(=O)N(C)Cc1nn(-c2ccccc2OC)c2c1CN(Cc1ccccc1F)CC2. The fourth-order valence-electron chi connectivity index (χ4n) is 4.47. The Morgan fingerprint density at radius 3 is 2.68 bits per heavy atom. The summed E-state index contributed by atoms with van der Waals surface area (Å²) in [6.07, 6.45) is 0.702. The number of nitrogens with one attached hydrogen (secondary N) is 1. The van der Waals surface area contributed by atoms with Gasteiger partial charge in [-0.05, 0) is 25.1 Å². The smallest absolute Gasteiger partial charge is 0.325 e. The van der Waals surface area contributed by atoms with Crippen molar-refractivity contribution in [1.82, 2.24) is 24.9 Å². The van der Waals surface area contributed by atoms with E-state index in [9.17, 15) is 14.0 Å². The molecule has 0 atom stereocenters. The number of carbonyl (C=O) groups is 2. The highest BCUT2D eigenvalue weighted by Gasteiger charge is 2.28. The Kier molecular flexibility index (Phi) is 8.39. The maximum atomic E-state index is 14.3. The number of hydrogen-bond donors (Lipinski definition) is 1. The minimum Gasteiger partial charge on any atom is -0.494 e. The molecule has 3 aromatic rings. The summed E-state index contributed by atoms with van der Waals surface area (Å²) in [7, 11) is 3.27. The summed E-state index contributed by atoms with van der Waals surface area (Å²) < 4.78 is 26.7. The fourth-order valence-corrected chi connectivity index (χ4v) is 4.47. The molecule has 0 aliphatic carbocycles. The third-order valence-corrected chi connectivity index (χ3v) is 6.31. The number of hydrogen-bond acceptors (Lipinski definition) is 6. The fraction of sp³-hybridized carbons (Fsp3) is 0.370. The van der Waals surface area contributed by atoms with Crippen LogP contribution in [0.4, 0.5) is 9.18 Å². The molecule has 2 heterocycles. The van der Waals surface area contributed by atoms with Crippen LogP contribution >= 0.6 is 0 Å². The van der Waals surface area contributed by atoms with Crippen LogP contribution in [0.3, 0.4) is 0 Å². The Labute approximate surface area is 215 Å². The molecule has 1 aliphatic rings. The van der Waals surface area contributed by atoms with Crippen molar-refractivity contribution < 1.29 is 23.5 Å². The van der Waals surface area contributed by atoms with Gasteiger partial charge in [-0.15, -0.1) is 0 Å². The zero-order valence-electron chi connectivity index (χ0n) is 21.4. The first-order chi connectivity index (χ1) is 17.9. The molecule has 2 amide bonds. The van der Waals surface area contributed by atoms with E-state index in [1.165, 1.54) is 11.0 Å². The molecule has 0 radical (unpaired) electrons. The van der Waals surface area contributed by atoms with Gasteiger partial charge in [-0.3, -0.25) is 9.69 Å². The van der Waals surface area contributed by atoms with Crippen molar-refractivity contribution in [2.24, 2.45) is 0 Å². The van der Waals surface area contributed by atoms with E-state index in [1.54, 1.807) is 33.2 Å². The predicted octanol–water partition coefficient (Wildman–Crippen LogP) is 3.28. The Bertz CT molecular complexity index is 1260. The number of para-hydroxylation sites is 2. The summed E-state index contributed by atoms with van der Waals surface area (Å²) in [5, 5.41) is 7.48. The van der Waals surface area contributed by atoms with Gasteiger partial charge in [0.2, 0.25) is 0 Å². The molecule has 0 fully saturated rings. The molecule has 1 aromatic heterocycles. The number of fused-ring (bicyclic) bond motifs is 1. The average molecular weight is 510 g/mol. The number of esters is 1. The maximum Gasteiger partial charge on any atom is 0.325 e. The van der Waals surface area contributed by atoms with Gasteiger partial charge < -0.3 is 19.7 Å². The Morgan fingerprint density at radius 1 is 1.16 bits per heavy atom. The number of aromatic nitrogens is 2. The van der Waals surface area contributed by atoms with E-state index in [-0.39, 0.29) is 25.5 Å². The molecule has 0 saturated carbocycles.